The molecule has 1 heterocycles. The molecule has 41 heavy (non-hydrogen) atoms. The van der Waals surface area contributed by atoms with Gasteiger partial charge in [-0.2, -0.15) is 5.10 Å². The van der Waals surface area contributed by atoms with E-state index in [0.29, 0.717) is 22.7 Å². The number of nitrogens with zero attached hydrogens (tertiary/aromatic N) is 2. The van der Waals surface area contributed by atoms with Crippen molar-refractivity contribution >= 4 is 17.8 Å². The van der Waals surface area contributed by atoms with Gasteiger partial charge < -0.3 is 15.7 Å². The van der Waals surface area contributed by atoms with Crippen molar-refractivity contribution in [3.63, 3.8) is 0 Å². The molecule has 218 valence electrons. The van der Waals surface area contributed by atoms with Gasteiger partial charge in [0, 0.05) is 23.7 Å². The Hall–Kier alpha value is -4.08. The van der Waals surface area contributed by atoms with Gasteiger partial charge in [0.15, 0.2) is 11.6 Å². The first-order valence-corrected chi connectivity index (χ1v) is 13.8. The molecular weight excluding hydrogens is 530 g/mol. The largest absolute Gasteiger partial charge is 0.481 e. The second kappa shape index (κ2) is 12.6. The van der Waals surface area contributed by atoms with E-state index in [1.165, 1.54) is 10.7 Å². The Morgan fingerprint density at radius 2 is 1.63 bits per heavy atom. The minimum absolute atomic E-state index is 0.0201. The van der Waals surface area contributed by atoms with Crippen LogP contribution in [0.1, 0.15) is 79.3 Å². The van der Waals surface area contributed by atoms with E-state index in [1.54, 1.807) is 30.3 Å². The van der Waals surface area contributed by atoms with Crippen LogP contribution in [0.15, 0.2) is 48.5 Å². The molecule has 0 bridgehead atoms. The van der Waals surface area contributed by atoms with Crippen LogP contribution in [-0.2, 0) is 11.3 Å². The topological polar surface area (TPSA) is 113 Å². The van der Waals surface area contributed by atoms with E-state index in [1.807, 2.05) is 0 Å². The van der Waals surface area contributed by atoms with E-state index in [9.17, 15) is 23.2 Å². The smallest absolute Gasteiger partial charge is 0.305 e. The van der Waals surface area contributed by atoms with Gasteiger partial charge in [0.1, 0.15) is 5.69 Å². The maximum atomic E-state index is 14.0. The van der Waals surface area contributed by atoms with Gasteiger partial charge in [0.05, 0.1) is 18.7 Å². The number of aliphatic carboxylic acids is 1. The summed E-state index contributed by atoms with van der Waals surface area (Å²) >= 11 is 0. The van der Waals surface area contributed by atoms with Gasteiger partial charge in [-0.25, -0.2) is 8.78 Å². The van der Waals surface area contributed by atoms with E-state index < -0.39 is 23.5 Å². The molecule has 3 aromatic rings. The summed E-state index contributed by atoms with van der Waals surface area (Å²) in [5, 5.41) is 19.0. The third kappa shape index (κ3) is 7.77. The van der Waals surface area contributed by atoms with Gasteiger partial charge in [0.2, 0.25) is 0 Å². The van der Waals surface area contributed by atoms with E-state index >= 15 is 0 Å². The molecule has 10 heteroatoms. The zero-order valence-electron chi connectivity index (χ0n) is 23.5. The first kappa shape index (κ1) is 29.9. The molecule has 2 amide bonds. The van der Waals surface area contributed by atoms with Crippen LogP contribution in [0.4, 0.5) is 8.78 Å². The molecule has 0 atom stereocenters. The number of halogens is 2. The molecule has 3 N–H and O–H groups in total. The number of carbonyl (C=O) groups excluding carboxylic acids is 2. The standard InChI is InChI=1S/C31H36F2N4O4/c1-31(2,3)22-9-11-23(12-10-22)35-30(41)27-17-26(21-8-13-24(32)25(33)16-21)36-37(27)18-19-4-6-20(7-5-19)29(40)34-15-14-28(38)39/h4-8,13,16-17,22-23H,9-12,14-15,18H2,1-3H3,(H,34,40)(H,35,41)(H,38,39). The van der Waals surface area contributed by atoms with Crippen LogP contribution in [0.2, 0.25) is 0 Å². The van der Waals surface area contributed by atoms with Gasteiger partial charge in [-0.1, -0.05) is 32.9 Å². The molecule has 2 aromatic carbocycles. The lowest BCUT2D eigenvalue weighted by Gasteiger charge is -2.37. The SMILES string of the molecule is CC(C)(C)C1CCC(NC(=O)c2cc(-c3ccc(F)c(F)c3)nn2Cc2ccc(C(=O)NCCC(=O)O)cc2)CC1. The van der Waals surface area contributed by atoms with Crippen LogP contribution in [0.3, 0.4) is 0 Å². The minimum atomic E-state index is -1.00. The van der Waals surface area contributed by atoms with E-state index in [0.717, 1.165) is 43.4 Å². The summed E-state index contributed by atoms with van der Waals surface area (Å²) in [6, 6.07) is 11.8. The summed E-state index contributed by atoms with van der Waals surface area (Å²) < 4.78 is 29.0. The van der Waals surface area contributed by atoms with Crippen molar-refractivity contribution in [3.05, 3.63) is 77.0 Å². The highest BCUT2D eigenvalue weighted by Crippen LogP contribution is 2.37. The fourth-order valence-electron chi connectivity index (χ4n) is 5.20. The number of aromatic nitrogens is 2. The van der Waals surface area contributed by atoms with Crippen molar-refractivity contribution in [2.24, 2.45) is 11.3 Å². The molecular formula is C31H36F2N4O4. The average molecular weight is 567 g/mol. The number of nitrogens with one attached hydrogen (secondary N) is 2. The zero-order valence-corrected chi connectivity index (χ0v) is 23.5. The molecule has 0 radical (unpaired) electrons. The number of carboxylic acids is 1. The summed E-state index contributed by atoms with van der Waals surface area (Å²) in [6.45, 7) is 6.95. The Morgan fingerprint density at radius 1 is 0.951 bits per heavy atom. The molecule has 4 rings (SSSR count). The second-order valence-electron chi connectivity index (χ2n) is 11.7. The fourth-order valence-corrected chi connectivity index (χ4v) is 5.20. The van der Waals surface area contributed by atoms with Crippen LogP contribution in [0.5, 0.6) is 0 Å². The molecule has 1 saturated carbocycles. The predicted molar refractivity (Wildman–Crippen MR) is 150 cm³/mol. The van der Waals surface area contributed by atoms with Crippen molar-refractivity contribution in [1.29, 1.82) is 0 Å². The lowest BCUT2D eigenvalue weighted by molar-refractivity contribution is -0.136. The Kier molecular flexibility index (Phi) is 9.20. The molecule has 1 aliphatic rings. The summed E-state index contributed by atoms with van der Waals surface area (Å²) in [5.74, 6) is -3.05. The summed E-state index contributed by atoms with van der Waals surface area (Å²) in [4.78, 5) is 36.4. The first-order chi connectivity index (χ1) is 19.4. The van der Waals surface area contributed by atoms with Crippen molar-refractivity contribution < 1.29 is 28.3 Å². The molecule has 1 aromatic heterocycles. The van der Waals surface area contributed by atoms with Crippen molar-refractivity contribution in [3.8, 4) is 11.3 Å². The second-order valence-corrected chi connectivity index (χ2v) is 11.7. The maximum Gasteiger partial charge on any atom is 0.305 e. The van der Waals surface area contributed by atoms with Gasteiger partial charge in [0.25, 0.3) is 11.8 Å². The lowest BCUT2D eigenvalue weighted by Crippen LogP contribution is -2.40. The fraction of sp³-hybridized carbons (Fsp3) is 0.419. The Labute approximate surface area is 238 Å². The Morgan fingerprint density at radius 3 is 2.24 bits per heavy atom. The Balaban J connectivity index is 1.52. The summed E-state index contributed by atoms with van der Waals surface area (Å²) in [6.07, 6.45) is 3.65. The van der Waals surface area contributed by atoms with Crippen LogP contribution in [0, 0.1) is 23.0 Å². The number of benzene rings is 2. The van der Waals surface area contributed by atoms with Crippen LogP contribution in [0.25, 0.3) is 11.3 Å². The van der Waals surface area contributed by atoms with Crippen molar-refractivity contribution in [1.82, 2.24) is 20.4 Å². The third-order valence-corrected chi connectivity index (χ3v) is 7.69. The number of amides is 2. The number of hydrogen-bond donors (Lipinski definition) is 3. The first-order valence-electron chi connectivity index (χ1n) is 13.8. The van der Waals surface area contributed by atoms with E-state index in [-0.39, 0.29) is 42.6 Å². The lowest BCUT2D eigenvalue weighted by atomic mass is 9.71. The van der Waals surface area contributed by atoms with Gasteiger partial charge in [-0.15, -0.1) is 0 Å². The van der Waals surface area contributed by atoms with Gasteiger partial charge in [-0.3, -0.25) is 19.1 Å². The quantitative estimate of drug-likeness (QED) is 0.320. The molecule has 0 spiro atoms. The maximum absolute atomic E-state index is 14.0. The van der Waals surface area contributed by atoms with E-state index in [2.05, 4.69) is 36.5 Å². The van der Waals surface area contributed by atoms with E-state index in [4.69, 9.17) is 5.11 Å². The molecule has 1 fully saturated rings. The third-order valence-electron chi connectivity index (χ3n) is 7.69. The van der Waals surface area contributed by atoms with Crippen molar-refractivity contribution in [2.75, 3.05) is 6.54 Å². The minimum Gasteiger partial charge on any atom is -0.481 e. The number of carbonyl (C=O) groups is 3. The molecule has 1 aliphatic carbocycles. The molecule has 0 aliphatic heterocycles. The van der Waals surface area contributed by atoms with Crippen LogP contribution >= 0.6 is 0 Å². The van der Waals surface area contributed by atoms with Crippen LogP contribution < -0.4 is 10.6 Å². The molecule has 0 unspecified atom stereocenters. The number of carboxylic acid groups (broad SMARTS) is 1. The van der Waals surface area contributed by atoms with Gasteiger partial charge in [-0.05, 0) is 79.0 Å². The summed E-state index contributed by atoms with van der Waals surface area (Å²) in [5.41, 5.74) is 2.31. The highest BCUT2D eigenvalue weighted by Gasteiger charge is 2.31. The van der Waals surface area contributed by atoms with Gasteiger partial charge >= 0.3 is 5.97 Å². The Bertz CT molecular complexity index is 1400. The predicted octanol–water partition coefficient (Wildman–Crippen LogP) is 5.42. The zero-order chi connectivity index (χ0) is 29.7. The summed E-state index contributed by atoms with van der Waals surface area (Å²) in [7, 11) is 0. The molecule has 0 saturated heterocycles. The normalized spacial score (nSPS) is 17.2. The number of rotatable bonds is 9. The highest BCUT2D eigenvalue weighted by molar-refractivity contribution is 5.95. The van der Waals surface area contributed by atoms with Crippen LogP contribution in [-0.4, -0.2) is 45.3 Å². The highest BCUT2D eigenvalue weighted by atomic mass is 19.2. The monoisotopic (exact) mass is 566 g/mol. The number of hydrogen-bond acceptors (Lipinski definition) is 4. The average Bonchev–Trinajstić information content (AvgIpc) is 3.34. The van der Waals surface area contributed by atoms with Crippen molar-refractivity contribution in [2.45, 2.75) is 65.5 Å². The molecule has 8 nitrogen and oxygen atoms in total.